The average Bonchev–Trinajstić information content (AvgIpc) is 2.78. The lowest BCUT2D eigenvalue weighted by molar-refractivity contribution is 0.0392. The highest BCUT2D eigenvalue weighted by atomic mass is 16.5. The van der Waals surface area contributed by atoms with Gasteiger partial charge >= 0.3 is 0 Å². The highest BCUT2D eigenvalue weighted by Crippen LogP contribution is 2.42. The highest BCUT2D eigenvalue weighted by molar-refractivity contribution is 6.02. The first-order valence-corrected chi connectivity index (χ1v) is 10.5. The van der Waals surface area contributed by atoms with Crippen molar-refractivity contribution in [3.05, 3.63) is 95.6 Å². The van der Waals surface area contributed by atoms with E-state index in [1.54, 1.807) is 0 Å². The van der Waals surface area contributed by atoms with Gasteiger partial charge in [-0.15, -0.1) is 0 Å². The lowest BCUT2D eigenvalue weighted by Crippen LogP contribution is -2.59. The van der Waals surface area contributed by atoms with Crippen LogP contribution in [0.25, 0.3) is 0 Å². The zero-order chi connectivity index (χ0) is 21.1. The van der Waals surface area contributed by atoms with Gasteiger partial charge in [-0.3, -0.25) is 4.79 Å². The Kier molecular flexibility index (Phi) is 5.49. The number of carbonyl (C=O) groups excluding carboxylic acids is 1. The van der Waals surface area contributed by atoms with Crippen molar-refractivity contribution in [1.29, 1.82) is 0 Å². The Labute approximate surface area is 178 Å². The van der Waals surface area contributed by atoms with Crippen molar-refractivity contribution in [1.82, 2.24) is 4.90 Å². The predicted octanol–water partition coefficient (Wildman–Crippen LogP) is 5.80. The maximum Gasteiger partial charge on any atom is 0.258 e. The molecule has 1 aliphatic rings. The molecule has 1 heterocycles. The van der Waals surface area contributed by atoms with Crippen LogP contribution in [0.4, 0.5) is 5.69 Å². The smallest absolute Gasteiger partial charge is 0.258 e. The van der Waals surface area contributed by atoms with Crippen LogP contribution in [0.15, 0.2) is 78.9 Å². The molecule has 0 aromatic heterocycles. The van der Waals surface area contributed by atoms with Crippen molar-refractivity contribution in [3.63, 3.8) is 0 Å². The van der Waals surface area contributed by atoms with Crippen LogP contribution in [0.2, 0.25) is 0 Å². The van der Waals surface area contributed by atoms with E-state index in [1.165, 1.54) is 0 Å². The molecule has 0 fully saturated rings. The van der Waals surface area contributed by atoms with Crippen LogP contribution in [-0.2, 0) is 12.3 Å². The van der Waals surface area contributed by atoms with E-state index in [0.29, 0.717) is 12.2 Å². The molecular formula is C26H28N2O2. The molecule has 154 valence electrons. The molecule has 30 heavy (non-hydrogen) atoms. The van der Waals surface area contributed by atoms with Gasteiger partial charge in [-0.2, -0.15) is 0 Å². The van der Waals surface area contributed by atoms with Crippen molar-refractivity contribution >= 4 is 11.6 Å². The molecule has 0 spiro atoms. The topological polar surface area (TPSA) is 41.6 Å². The molecule has 1 amide bonds. The maximum absolute atomic E-state index is 13.5. The zero-order valence-corrected chi connectivity index (χ0v) is 17.8. The molecule has 3 aromatic rings. The molecule has 0 saturated heterocycles. The van der Waals surface area contributed by atoms with Gasteiger partial charge in [0.15, 0.2) is 0 Å². The molecule has 0 radical (unpaired) electrons. The van der Waals surface area contributed by atoms with Crippen LogP contribution in [0, 0.1) is 0 Å². The van der Waals surface area contributed by atoms with Crippen molar-refractivity contribution in [2.45, 2.75) is 45.5 Å². The number of para-hydroxylation sites is 2. The summed E-state index contributed by atoms with van der Waals surface area (Å²) in [6, 6.07) is 25.9. The van der Waals surface area contributed by atoms with Gasteiger partial charge in [0, 0.05) is 17.3 Å². The number of nitrogens with one attached hydrogen (secondary N) is 1. The summed E-state index contributed by atoms with van der Waals surface area (Å²) in [4.78, 5) is 15.5. The fourth-order valence-corrected chi connectivity index (χ4v) is 4.18. The lowest BCUT2D eigenvalue weighted by atomic mass is 9.91. The van der Waals surface area contributed by atoms with E-state index < -0.39 is 5.66 Å². The molecule has 2 unspecified atom stereocenters. The molecule has 0 saturated carbocycles. The van der Waals surface area contributed by atoms with Crippen LogP contribution >= 0.6 is 0 Å². The largest absolute Gasteiger partial charge is 0.488 e. The second kappa shape index (κ2) is 8.23. The first-order chi connectivity index (χ1) is 14.5. The molecule has 1 aliphatic heterocycles. The molecular weight excluding hydrogens is 372 g/mol. The number of hydrogen-bond acceptors (Lipinski definition) is 3. The summed E-state index contributed by atoms with van der Waals surface area (Å²) in [5, 5.41) is 3.65. The molecule has 4 rings (SSSR count). The van der Waals surface area contributed by atoms with E-state index in [9.17, 15) is 4.79 Å². The second-order valence-electron chi connectivity index (χ2n) is 7.95. The van der Waals surface area contributed by atoms with E-state index in [0.717, 1.165) is 29.0 Å². The molecule has 4 nitrogen and oxygen atoms in total. The maximum atomic E-state index is 13.5. The van der Waals surface area contributed by atoms with Crippen molar-refractivity contribution < 1.29 is 9.53 Å². The molecule has 0 aliphatic carbocycles. The van der Waals surface area contributed by atoms with Gasteiger partial charge < -0.3 is 15.0 Å². The highest BCUT2D eigenvalue weighted by Gasteiger charge is 2.45. The summed E-state index contributed by atoms with van der Waals surface area (Å²) >= 11 is 0. The fraction of sp³-hybridized carbons (Fsp3) is 0.269. The van der Waals surface area contributed by atoms with Crippen LogP contribution < -0.4 is 10.1 Å². The number of anilines is 1. The molecule has 0 bridgehead atoms. The Morgan fingerprint density at radius 1 is 0.967 bits per heavy atom. The number of fused-ring (bicyclic) bond motifs is 1. The number of nitrogens with zero attached hydrogens (tertiary/aromatic N) is 1. The van der Waals surface area contributed by atoms with Gasteiger partial charge in [0.2, 0.25) is 0 Å². The molecule has 3 aromatic carbocycles. The minimum absolute atomic E-state index is 0.0408. The summed E-state index contributed by atoms with van der Waals surface area (Å²) in [5.74, 6) is 0.816. The number of carbonyl (C=O) groups is 1. The fourth-order valence-electron chi connectivity index (χ4n) is 4.18. The second-order valence-corrected chi connectivity index (χ2v) is 7.95. The summed E-state index contributed by atoms with van der Waals surface area (Å²) < 4.78 is 6.25. The molecule has 1 N–H and O–H groups in total. The number of hydrogen-bond donors (Lipinski definition) is 1. The van der Waals surface area contributed by atoms with Gasteiger partial charge in [0.05, 0.1) is 5.56 Å². The van der Waals surface area contributed by atoms with Crippen LogP contribution in [0.1, 0.15) is 48.7 Å². The Morgan fingerprint density at radius 3 is 2.40 bits per heavy atom. The first-order valence-electron chi connectivity index (χ1n) is 10.5. The van der Waals surface area contributed by atoms with Gasteiger partial charge in [-0.25, -0.2) is 0 Å². The third-order valence-electron chi connectivity index (χ3n) is 5.92. The van der Waals surface area contributed by atoms with E-state index in [1.807, 2.05) is 71.6 Å². The molecule has 2 atom stereocenters. The van der Waals surface area contributed by atoms with Crippen LogP contribution in [-0.4, -0.2) is 16.8 Å². The lowest BCUT2D eigenvalue weighted by Gasteiger charge is -2.49. The van der Waals surface area contributed by atoms with Gasteiger partial charge in [0.25, 0.3) is 5.91 Å². The van der Waals surface area contributed by atoms with Gasteiger partial charge in [-0.05, 0) is 44.0 Å². The van der Waals surface area contributed by atoms with Gasteiger partial charge in [-0.1, -0.05) is 67.6 Å². The van der Waals surface area contributed by atoms with Gasteiger partial charge in [0.1, 0.15) is 18.0 Å². The molecule has 4 heteroatoms. The van der Waals surface area contributed by atoms with Crippen molar-refractivity contribution in [3.8, 4) is 5.75 Å². The third kappa shape index (κ3) is 3.54. The summed E-state index contributed by atoms with van der Waals surface area (Å²) in [5.41, 5.74) is 2.88. The average molecular weight is 401 g/mol. The quantitative estimate of drug-likeness (QED) is 0.568. The zero-order valence-electron chi connectivity index (χ0n) is 17.8. The Hall–Kier alpha value is -3.27. The summed E-state index contributed by atoms with van der Waals surface area (Å²) in [7, 11) is 0. The monoisotopic (exact) mass is 400 g/mol. The Bertz CT molecular complexity index is 1030. The van der Waals surface area contributed by atoms with Crippen molar-refractivity contribution in [2.24, 2.45) is 0 Å². The summed E-state index contributed by atoms with van der Waals surface area (Å²) in [6.45, 7) is 6.75. The Balaban J connectivity index is 1.76. The minimum atomic E-state index is -0.728. The van der Waals surface area contributed by atoms with Crippen LogP contribution in [0.3, 0.4) is 0 Å². The normalized spacial score (nSPS) is 19.0. The van der Waals surface area contributed by atoms with E-state index in [4.69, 9.17) is 4.74 Å². The minimum Gasteiger partial charge on any atom is -0.488 e. The van der Waals surface area contributed by atoms with Crippen molar-refractivity contribution in [2.75, 3.05) is 5.32 Å². The number of rotatable bonds is 6. The van der Waals surface area contributed by atoms with E-state index in [-0.39, 0.29) is 11.9 Å². The Morgan fingerprint density at radius 2 is 1.63 bits per heavy atom. The van der Waals surface area contributed by atoms with E-state index >= 15 is 0 Å². The number of amides is 1. The predicted molar refractivity (Wildman–Crippen MR) is 121 cm³/mol. The van der Waals surface area contributed by atoms with E-state index in [2.05, 4.69) is 38.2 Å². The standard InChI is InChI=1S/C26H28N2O2/c1-4-19(2)28-25(29)21-14-8-10-16-23(21)27-26(28,3)22-15-9-11-17-24(22)30-18-20-12-6-5-7-13-20/h5-17,19,27H,4,18H2,1-3H3. The third-order valence-corrected chi connectivity index (χ3v) is 5.92. The first kappa shape index (κ1) is 20.0. The number of ether oxygens (including phenoxy) is 1. The SMILES string of the molecule is CCC(C)N1C(=O)c2ccccc2NC1(C)c1ccccc1OCc1ccccc1. The summed E-state index contributed by atoms with van der Waals surface area (Å²) in [6.07, 6.45) is 0.859. The van der Waals surface area contributed by atoms with Crippen LogP contribution in [0.5, 0.6) is 5.75 Å². The number of benzene rings is 3.